The van der Waals surface area contributed by atoms with Gasteiger partial charge in [0.15, 0.2) is 11.6 Å². The fraction of sp³-hybridized carbons (Fsp3) is 0.345. The molecule has 1 amide bonds. The third-order valence-electron chi connectivity index (χ3n) is 7.92. The van der Waals surface area contributed by atoms with E-state index in [1.807, 2.05) is 24.3 Å². The number of carbonyl (C=O) groups is 1. The van der Waals surface area contributed by atoms with Crippen LogP contribution in [0.1, 0.15) is 48.3 Å². The Hall–Kier alpha value is -3.25. The fourth-order valence-electron chi connectivity index (χ4n) is 6.46. The highest BCUT2D eigenvalue weighted by Gasteiger charge is 2.50. The molecule has 0 radical (unpaired) electrons. The number of ether oxygens (including phenoxy) is 1. The van der Waals surface area contributed by atoms with E-state index in [9.17, 15) is 18.7 Å². The van der Waals surface area contributed by atoms with Crippen LogP contribution in [0.3, 0.4) is 0 Å². The standard InChI is InChI=1S/C29H27F2NO3/c30-26-12-9-18(13-27(26)31)14-29(34)15-19-10-11-20(16-29)32(19)28(33)35-17-25-23-7-3-1-5-21(23)22-6-2-4-8-24(22)25/h1-9,12-13,19-20,25,34H,10-11,14-17H2. The van der Waals surface area contributed by atoms with Crippen LogP contribution in [0.5, 0.6) is 0 Å². The van der Waals surface area contributed by atoms with Crippen LogP contribution in [-0.2, 0) is 11.2 Å². The summed E-state index contributed by atoms with van der Waals surface area (Å²) >= 11 is 0. The van der Waals surface area contributed by atoms with E-state index in [2.05, 4.69) is 24.3 Å². The van der Waals surface area contributed by atoms with Crippen molar-refractivity contribution in [2.45, 2.75) is 55.7 Å². The van der Waals surface area contributed by atoms with Crippen molar-refractivity contribution in [1.82, 2.24) is 4.90 Å². The first kappa shape index (κ1) is 22.2. The number of aliphatic hydroxyl groups is 1. The maximum Gasteiger partial charge on any atom is 0.410 e. The summed E-state index contributed by atoms with van der Waals surface area (Å²) in [5.41, 5.74) is 4.21. The van der Waals surface area contributed by atoms with Crippen LogP contribution in [0.25, 0.3) is 11.1 Å². The van der Waals surface area contributed by atoms with E-state index in [-0.39, 0.29) is 37.1 Å². The molecule has 2 atom stereocenters. The van der Waals surface area contributed by atoms with E-state index in [1.165, 1.54) is 28.3 Å². The van der Waals surface area contributed by atoms with Crippen molar-refractivity contribution >= 4 is 6.09 Å². The molecule has 3 aliphatic rings. The zero-order valence-electron chi connectivity index (χ0n) is 19.3. The van der Waals surface area contributed by atoms with Crippen LogP contribution in [-0.4, -0.2) is 40.4 Å². The van der Waals surface area contributed by atoms with E-state index >= 15 is 0 Å². The summed E-state index contributed by atoms with van der Waals surface area (Å²) in [4.78, 5) is 15.0. The monoisotopic (exact) mass is 475 g/mol. The van der Waals surface area contributed by atoms with Gasteiger partial charge in [0.05, 0.1) is 5.60 Å². The van der Waals surface area contributed by atoms with Gasteiger partial charge < -0.3 is 14.7 Å². The molecule has 2 aliphatic heterocycles. The number of rotatable bonds is 4. The van der Waals surface area contributed by atoms with Crippen molar-refractivity contribution in [3.8, 4) is 11.1 Å². The van der Waals surface area contributed by atoms with Crippen LogP contribution in [0, 0.1) is 11.6 Å². The first-order valence-electron chi connectivity index (χ1n) is 12.2. The molecule has 2 fully saturated rings. The Morgan fingerprint density at radius 1 is 0.914 bits per heavy atom. The normalized spacial score (nSPS) is 24.8. The zero-order chi connectivity index (χ0) is 24.2. The molecule has 2 bridgehead atoms. The molecule has 2 saturated heterocycles. The molecule has 3 aromatic rings. The lowest BCUT2D eigenvalue weighted by Gasteiger charge is -2.43. The van der Waals surface area contributed by atoms with E-state index in [0.29, 0.717) is 18.4 Å². The first-order chi connectivity index (χ1) is 16.9. The molecule has 2 heterocycles. The third kappa shape index (κ3) is 3.90. The van der Waals surface area contributed by atoms with E-state index in [1.54, 1.807) is 4.90 Å². The van der Waals surface area contributed by atoms with Gasteiger partial charge >= 0.3 is 6.09 Å². The maximum atomic E-state index is 13.7. The largest absolute Gasteiger partial charge is 0.448 e. The number of carbonyl (C=O) groups excluding carboxylic acids is 1. The number of hydrogen-bond acceptors (Lipinski definition) is 3. The Morgan fingerprint density at radius 2 is 1.51 bits per heavy atom. The topological polar surface area (TPSA) is 49.8 Å². The number of piperidine rings is 1. The molecule has 1 aliphatic carbocycles. The summed E-state index contributed by atoms with van der Waals surface area (Å²) in [6, 6.07) is 20.0. The highest BCUT2D eigenvalue weighted by Crippen LogP contribution is 2.46. The first-order valence-corrected chi connectivity index (χ1v) is 12.2. The molecule has 6 heteroatoms. The Labute approximate surface area is 203 Å². The molecular weight excluding hydrogens is 448 g/mol. The summed E-state index contributed by atoms with van der Waals surface area (Å²) in [7, 11) is 0. The molecule has 3 aromatic carbocycles. The van der Waals surface area contributed by atoms with Crippen molar-refractivity contribution < 1.29 is 23.4 Å². The molecule has 35 heavy (non-hydrogen) atoms. The Balaban J connectivity index is 1.15. The van der Waals surface area contributed by atoms with Gasteiger partial charge in [0.1, 0.15) is 6.61 Å². The lowest BCUT2D eigenvalue weighted by Crippen LogP contribution is -2.54. The number of hydrogen-bond donors (Lipinski definition) is 1. The molecule has 0 saturated carbocycles. The van der Waals surface area contributed by atoms with Gasteiger partial charge in [-0.3, -0.25) is 0 Å². The van der Waals surface area contributed by atoms with Gasteiger partial charge in [-0.15, -0.1) is 0 Å². The van der Waals surface area contributed by atoms with E-state index < -0.39 is 17.2 Å². The number of halogens is 2. The molecule has 4 nitrogen and oxygen atoms in total. The summed E-state index contributed by atoms with van der Waals surface area (Å²) < 4.78 is 32.9. The Morgan fingerprint density at radius 3 is 2.11 bits per heavy atom. The highest BCUT2D eigenvalue weighted by molar-refractivity contribution is 5.79. The number of nitrogens with zero attached hydrogens (tertiary/aromatic N) is 1. The lowest BCUT2D eigenvalue weighted by atomic mass is 9.81. The minimum atomic E-state index is -1.06. The molecule has 6 rings (SSSR count). The van der Waals surface area contributed by atoms with Crippen LogP contribution in [0.2, 0.25) is 0 Å². The number of fused-ring (bicyclic) bond motifs is 5. The van der Waals surface area contributed by atoms with Crippen molar-refractivity contribution in [1.29, 1.82) is 0 Å². The average molecular weight is 476 g/mol. The summed E-state index contributed by atoms with van der Waals surface area (Å²) in [5, 5.41) is 11.3. The van der Waals surface area contributed by atoms with Crippen LogP contribution < -0.4 is 0 Å². The van der Waals surface area contributed by atoms with Gasteiger partial charge in [-0.2, -0.15) is 0 Å². The average Bonchev–Trinajstić information content (AvgIpc) is 3.32. The van der Waals surface area contributed by atoms with Crippen molar-refractivity contribution in [3.05, 3.63) is 95.1 Å². The molecule has 1 N–H and O–H groups in total. The SMILES string of the molecule is O=C(OCC1c2ccccc2-c2ccccc21)N1C2CCC1CC(O)(Cc1ccc(F)c(F)c1)C2. The fourth-order valence-corrected chi connectivity index (χ4v) is 6.46. The minimum Gasteiger partial charge on any atom is -0.448 e. The molecule has 0 spiro atoms. The zero-order valence-corrected chi connectivity index (χ0v) is 19.3. The van der Waals surface area contributed by atoms with Crippen molar-refractivity contribution in [2.75, 3.05) is 6.61 Å². The van der Waals surface area contributed by atoms with Crippen molar-refractivity contribution in [2.24, 2.45) is 0 Å². The van der Waals surface area contributed by atoms with Gasteiger partial charge in [0, 0.05) is 24.4 Å². The predicted molar refractivity (Wildman–Crippen MR) is 128 cm³/mol. The summed E-state index contributed by atoms with van der Waals surface area (Å²) in [6.45, 7) is 0.266. The molecule has 180 valence electrons. The second kappa shape index (κ2) is 8.45. The van der Waals surface area contributed by atoms with Crippen LogP contribution >= 0.6 is 0 Å². The smallest absolute Gasteiger partial charge is 0.410 e. The lowest BCUT2D eigenvalue weighted by molar-refractivity contribution is -0.0479. The molecular formula is C29H27F2NO3. The number of benzene rings is 3. The van der Waals surface area contributed by atoms with Crippen molar-refractivity contribution in [3.63, 3.8) is 0 Å². The molecule has 0 aromatic heterocycles. The Kier molecular flexibility index (Phi) is 5.37. The summed E-state index contributed by atoms with van der Waals surface area (Å²) in [6.07, 6.45) is 2.29. The quantitative estimate of drug-likeness (QED) is 0.518. The van der Waals surface area contributed by atoms with Gasteiger partial charge in [-0.1, -0.05) is 54.6 Å². The van der Waals surface area contributed by atoms with Gasteiger partial charge in [0.25, 0.3) is 0 Å². The van der Waals surface area contributed by atoms with Crippen LogP contribution in [0.15, 0.2) is 66.7 Å². The maximum absolute atomic E-state index is 13.7. The van der Waals surface area contributed by atoms with Gasteiger partial charge in [-0.25, -0.2) is 13.6 Å². The second-order valence-electron chi connectivity index (χ2n) is 10.2. The third-order valence-corrected chi connectivity index (χ3v) is 7.92. The van der Waals surface area contributed by atoms with E-state index in [0.717, 1.165) is 25.0 Å². The highest BCUT2D eigenvalue weighted by atomic mass is 19.2. The van der Waals surface area contributed by atoms with Gasteiger partial charge in [-0.05, 0) is 65.6 Å². The Bertz CT molecular complexity index is 1230. The summed E-state index contributed by atoms with van der Waals surface area (Å²) in [5.74, 6) is -1.81. The minimum absolute atomic E-state index is 0.000835. The molecule has 2 unspecified atom stereocenters. The number of amides is 1. The second-order valence-corrected chi connectivity index (χ2v) is 10.2. The van der Waals surface area contributed by atoms with E-state index in [4.69, 9.17) is 4.74 Å². The van der Waals surface area contributed by atoms with Crippen LogP contribution in [0.4, 0.5) is 13.6 Å². The predicted octanol–water partition coefficient (Wildman–Crippen LogP) is 5.81. The van der Waals surface area contributed by atoms with Gasteiger partial charge in [0.2, 0.25) is 0 Å².